The molecule has 0 spiro atoms. The maximum atomic E-state index is 12.6. The van der Waals surface area contributed by atoms with E-state index in [1.165, 1.54) is 18.2 Å². The zero-order valence-corrected chi connectivity index (χ0v) is 13.5. The summed E-state index contributed by atoms with van der Waals surface area (Å²) in [4.78, 5) is 12.5. The molecule has 0 unspecified atom stereocenters. The first-order chi connectivity index (χ1) is 12.4. The van der Waals surface area contributed by atoms with E-state index in [0.717, 1.165) is 29.7 Å². The van der Waals surface area contributed by atoms with Crippen LogP contribution in [0.1, 0.15) is 27.0 Å². The monoisotopic (exact) mass is 361 g/mol. The predicted octanol–water partition coefficient (Wildman–Crippen LogP) is 3.80. The molecule has 4 rings (SSSR count). The van der Waals surface area contributed by atoms with Crippen LogP contribution in [0.3, 0.4) is 0 Å². The van der Waals surface area contributed by atoms with Crippen LogP contribution in [0.2, 0.25) is 0 Å². The molecule has 0 bridgehead atoms. The highest BCUT2D eigenvalue weighted by molar-refractivity contribution is 6.08. The third-order valence-electron chi connectivity index (χ3n) is 4.37. The van der Waals surface area contributed by atoms with Gasteiger partial charge in [0.2, 0.25) is 6.79 Å². The fourth-order valence-corrected chi connectivity index (χ4v) is 3.04. The Morgan fingerprint density at radius 3 is 2.46 bits per heavy atom. The second kappa shape index (κ2) is 6.09. The van der Waals surface area contributed by atoms with Crippen molar-refractivity contribution in [3.63, 3.8) is 0 Å². The van der Waals surface area contributed by atoms with E-state index >= 15 is 0 Å². The van der Waals surface area contributed by atoms with E-state index in [0.29, 0.717) is 23.7 Å². The van der Waals surface area contributed by atoms with Gasteiger partial charge in [0, 0.05) is 29.4 Å². The van der Waals surface area contributed by atoms with Crippen molar-refractivity contribution in [3.05, 3.63) is 64.7 Å². The second-order valence-corrected chi connectivity index (χ2v) is 6.04. The molecule has 0 saturated heterocycles. The summed E-state index contributed by atoms with van der Waals surface area (Å²) in [5.74, 6) is 0.922. The highest BCUT2D eigenvalue weighted by atomic mass is 19.4. The number of halogens is 3. The third-order valence-corrected chi connectivity index (χ3v) is 4.37. The first-order valence-electron chi connectivity index (χ1n) is 8.02. The zero-order valence-electron chi connectivity index (χ0n) is 13.5. The minimum Gasteiger partial charge on any atom is -0.454 e. The van der Waals surface area contributed by atoms with Crippen LogP contribution in [0.5, 0.6) is 11.5 Å². The van der Waals surface area contributed by atoms with Crippen molar-refractivity contribution in [2.45, 2.75) is 12.6 Å². The van der Waals surface area contributed by atoms with Crippen molar-refractivity contribution >= 4 is 11.5 Å². The first-order valence-corrected chi connectivity index (χ1v) is 8.02. The molecule has 2 aliphatic rings. The summed E-state index contributed by atoms with van der Waals surface area (Å²) in [5.41, 5.74) is 1.89. The molecule has 0 radical (unpaired) electrons. The Balaban J connectivity index is 1.64. The van der Waals surface area contributed by atoms with Gasteiger partial charge in [0.25, 0.3) is 0 Å². The van der Waals surface area contributed by atoms with E-state index in [1.807, 2.05) is 12.1 Å². The Bertz CT molecular complexity index is 901. The molecule has 0 aliphatic carbocycles. The van der Waals surface area contributed by atoms with Crippen LogP contribution in [0, 0.1) is 0 Å². The van der Waals surface area contributed by atoms with Gasteiger partial charge in [-0.2, -0.15) is 13.2 Å². The predicted molar refractivity (Wildman–Crippen MR) is 88.0 cm³/mol. The molecular formula is C19H14F3NO3. The quantitative estimate of drug-likeness (QED) is 0.653. The SMILES string of the molecule is O=C(/C=C1\NCCc2cc3c(cc21)OCO3)c1ccc(C(F)(F)F)cc1. The molecule has 2 heterocycles. The Morgan fingerprint density at radius 2 is 1.77 bits per heavy atom. The molecule has 2 aromatic rings. The van der Waals surface area contributed by atoms with Crippen LogP contribution >= 0.6 is 0 Å². The Kier molecular flexibility index (Phi) is 3.86. The number of hydrogen-bond acceptors (Lipinski definition) is 4. The lowest BCUT2D eigenvalue weighted by atomic mass is 9.95. The second-order valence-electron chi connectivity index (χ2n) is 6.04. The summed E-state index contributed by atoms with van der Waals surface area (Å²) in [6, 6.07) is 7.90. The van der Waals surface area contributed by atoms with Gasteiger partial charge in [-0.05, 0) is 36.2 Å². The molecule has 26 heavy (non-hydrogen) atoms. The molecule has 7 heteroatoms. The number of ether oxygens (including phenoxy) is 2. The fourth-order valence-electron chi connectivity index (χ4n) is 3.04. The van der Waals surface area contributed by atoms with Gasteiger partial charge in [-0.25, -0.2) is 0 Å². The fraction of sp³-hybridized carbons (Fsp3) is 0.211. The molecule has 0 fully saturated rings. The van der Waals surface area contributed by atoms with Crippen molar-refractivity contribution in [1.29, 1.82) is 0 Å². The summed E-state index contributed by atoms with van der Waals surface area (Å²) in [7, 11) is 0. The molecule has 2 aromatic carbocycles. The summed E-state index contributed by atoms with van der Waals surface area (Å²) in [6.07, 6.45) is -2.24. The van der Waals surface area contributed by atoms with Crippen molar-refractivity contribution in [3.8, 4) is 11.5 Å². The molecule has 0 saturated carbocycles. The normalized spacial score (nSPS) is 17.0. The maximum Gasteiger partial charge on any atom is 0.416 e. The number of rotatable bonds is 2. The van der Waals surface area contributed by atoms with E-state index in [4.69, 9.17) is 9.47 Å². The number of alkyl halides is 3. The van der Waals surface area contributed by atoms with Gasteiger partial charge in [-0.1, -0.05) is 12.1 Å². The van der Waals surface area contributed by atoms with Crippen molar-refractivity contribution < 1.29 is 27.4 Å². The smallest absolute Gasteiger partial charge is 0.416 e. The van der Waals surface area contributed by atoms with E-state index in [-0.39, 0.29) is 18.1 Å². The zero-order chi connectivity index (χ0) is 18.3. The van der Waals surface area contributed by atoms with Crippen molar-refractivity contribution in [1.82, 2.24) is 5.32 Å². The van der Waals surface area contributed by atoms with Crippen molar-refractivity contribution in [2.24, 2.45) is 0 Å². The highest BCUT2D eigenvalue weighted by Gasteiger charge is 2.30. The number of hydrogen-bond donors (Lipinski definition) is 1. The highest BCUT2D eigenvalue weighted by Crippen LogP contribution is 2.38. The van der Waals surface area contributed by atoms with Crippen LogP contribution in [0.4, 0.5) is 13.2 Å². The van der Waals surface area contributed by atoms with Crippen LogP contribution in [-0.4, -0.2) is 19.1 Å². The number of ketones is 1. The number of benzene rings is 2. The molecule has 0 aromatic heterocycles. The maximum absolute atomic E-state index is 12.6. The van der Waals surface area contributed by atoms with Gasteiger partial charge in [0.05, 0.1) is 5.56 Å². The Hall–Kier alpha value is -2.96. The number of nitrogens with one attached hydrogen (secondary N) is 1. The van der Waals surface area contributed by atoms with E-state index in [1.54, 1.807) is 0 Å². The lowest BCUT2D eigenvalue weighted by Crippen LogP contribution is -2.23. The first kappa shape index (κ1) is 16.5. The van der Waals surface area contributed by atoms with Gasteiger partial charge < -0.3 is 14.8 Å². The van der Waals surface area contributed by atoms with E-state index in [2.05, 4.69) is 5.32 Å². The largest absolute Gasteiger partial charge is 0.454 e. The van der Waals surface area contributed by atoms with E-state index in [9.17, 15) is 18.0 Å². The molecule has 4 nitrogen and oxygen atoms in total. The number of allylic oxidation sites excluding steroid dienone is 1. The van der Waals surface area contributed by atoms with Crippen LogP contribution in [-0.2, 0) is 12.6 Å². The van der Waals surface area contributed by atoms with E-state index < -0.39 is 11.7 Å². The van der Waals surface area contributed by atoms with Crippen LogP contribution in [0.25, 0.3) is 5.70 Å². The number of carbonyl (C=O) groups excluding carboxylic acids is 1. The summed E-state index contributed by atoms with van der Waals surface area (Å²) < 4.78 is 48.7. The molecule has 2 aliphatic heterocycles. The van der Waals surface area contributed by atoms with Gasteiger partial charge >= 0.3 is 6.18 Å². The molecule has 134 valence electrons. The Morgan fingerprint density at radius 1 is 1.08 bits per heavy atom. The number of carbonyl (C=O) groups is 1. The van der Waals surface area contributed by atoms with Gasteiger partial charge in [0.15, 0.2) is 17.3 Å². The van der Waals surface area contributed by atoms with Gasteiger partial charge in [-0.15, -0.1) is 0 Å². The molecular weight excluding hydrogens is 347 g/mol. The van der Waals surface area contributed by atoms with Crippen LogP contribution < -0.4 is 14.8 Å². The average Bonchev–Trinajstić information content (AvgIpc) is 3.07. The molecule has 1 N–H and O–H groups in total. The minimum absolute atomic E-state index is 0.162. The van der Waals surface area contributed by atoms with Crippen molar-refractivity contribution in [2.75, 3.05) is 13.3 Å². The Labute approximate surface area is 147 Å². The van der Waals surface area contributed by atoms with Gasteiger partial charge in [0.1, 0.15) is 0 Å². The lowest BCUT2D eigenvalue weighted by Gasteiger charge is -2.21. The topological polar surface area (TPSA) is 47.6 Å². The molecule has 0 atom stereocenters. The summed E-state index contributed by atoms with van der Waals surface area (Å²) in [5, 5.41) is 3.17. The summed E-state index contributed by atoms with van der Waals surface area (Å²) in [6.45, 7) is 0.813. The summed E-state index contributed by atoms with van der Waals surface area (Å²) >= 11 is 0. The number of fused-ring (bicyclic) bond motifs is 2. The van der Waals surface area contributed by atoms with Gasteiger partial charge in [-0.3, -0.25) is 4.79 Å². The third kappa shape index (κ3) is 3.00. The molecule has 0 amide bonds. The van der Waals surface area contributed by atoms with Crippen LogP contribution in [0.15, 0.2) is 42.5 Å². The average molecular weight is 361 g/mol. The minimum atomic E-state index is -4.42. The lowest BCUT2D eigenvalue weighted by molar-refractivity contribution is -0.137. The standard InChI is InChI=1S/C19H14F3NO3/c20-19(21,22)13-3-1-11(2-4-13)16(24)9-15-14-8-18-17(25-10-26-18)7-12(14)5-6-23-15/h1-4,7-9,23H,5-6,10H2/b15-9-.